The second-order valence-corrected chi connectivity index (χ2v) is 5.00. The van der Waals surface area contributed by atoms with Gasteiger partial charge in [0, 0.05) is 16.4 Å². The monoisotopic (exact) mass is 314 g/mol. The molecule has 0 amide bonds. The highest BCUT2D eigenvalue weighted by molar-refractivity contribution is 9.10. The van der Waals surface area contributed by atoms with Gasteiger partial charge in [0.15, 0.2) is 0 Å². The second-order valence-electron chi connectivity index (χ2n) is 3.14. The Bertz CT molecular complexity index is 572. The first-order chi connectivity index (χ1) is 8.08. The third kappa shape index (κ3) is 2.64. The molecule has 0 bridgehead atoms. The topological polar surface area (TPSA) is 80.9 Å². The fraction of sp³-hybridized carbons (Fsp3) is 0.111. The molecule has 0 aliphatic carbocycles. The van der Waals surface area contributed by atoms with Crippen molar-refractivity contribution in [2.75, 3.05) is 0 Å². The van der Waals surface area contributed by atoms with Crippen molar-refractivity contribution in [2.45, 2.75) is 10.1 Å². The molecular weight excluding hydrogens is 308 g/mol. The summed E-state index contributed by atoms with van der Waals surface area (Å²) in [5.74, 6) is -0.956. The maximum absolute atomic E-state index is 10.8. The summed E-state index contributed by atoms with van der Waals surface area (Å²) in [6.45, 7) is 0. The summed E-state index contributed by atoms with van der Waals surface area (Å²) < 4.78 is 2.24. The minimum Gasteiger partial charge on any atom is -0.478 e. The highest BCUT2D eigenvalue weighted by atomic mass is 79.9. The van der Waals surface area contributed by atoms with Crippen LogP contribution >= 0.6 is 27.7 Å². The number of tetrazole rings is 1. The molecule has 0 saturated carbocycles. The van der Waals surface area contributed by atoms with Crippen LogP contribution in [0.1, 0.15) is 10.4 Å². The van der Waals surface area contributed by atoms with Crippen LogP contribution < -0.4 is 0 Å². The highest BCUT2D eigenvalue weighted by Crippen LogP contribution is 2.32. The normalized spacial score (nSPS) is 10.5. The number of aromatic nitrogens is 4. The van der Waals surface area contributed by atoms with Crippen molar-refractivity contribution in [3.63, 3.8) is 0 Å². The van der Waals surface area contributed by atoms with Gasteiger partial charge in [-0.2, -0.15) is 0 Å². The SMILES string of the molecule is Cn1nnnc1Sc1ccc(C(=O)O)cc1Br. The van der Waals surface area contributed by atoms with Crippen molar-refractivity contribution in [1.29, 1.82) is 0 Å². The molecule has 1 aromatic carbocycles. The molecule has 88 valence electrons. The molecule has 1 heterocycles. The molecule has 0 saturated heterocycles. The van der Waals surface area contributed by atoms with E-state index in [1.165, 1.54) is 11.8 Å². The van der Waals surface area contributed by atoms with Crippen LogP contribution in [0.15, 0.2) is 32.7 Å². The van der Waals surface area contributed by atoms with Gasteiger partial charge in [0.1, 0.15) is 0 Å². The summed E-state index contributed by atoms with van der Waals surface area (Å²) in [5, 5.41) is 20.5. The Morgan fingerprint density at radius 2 is 2.29 bits per heavy atom. The Kier molecular flexibility index (Phi) is 3.43. The molecule has 0 atom stereocenters. The maximum Gasteiger partial charge on any atom is 0.335 e. The minimum atomic E-state index is -0.956. The summed E-state index contributed by atoms with van der Waals surface area (Å²) >= 11 is 4.68. The lowest BCUT2D eigenvalue weighted by atomic mass is 10.2. The van der Waals surface area contributed by atoms with Gasteiger partial charge in [-0.25, -0.2) is 9.48 Å². The van der Waals surface area contributed by atoms with Gasteiger partial charge in [-0.15, -0.1) is 5.10 Å². The zero-order valence-corrected chi connectivity index (χ0v) is 11.1. The number of rotatable bonds is 3. The first kappa shape index (κ1) is 12.1. The van der Waals surface area contributed by atoms with Crippen molar-refractivity contribution in [1.82, 2.24) is 20.2 Å². The number of carbonyl (C=O) groups is 1. The Morgan fingerprint density at radius 3 is 2.82 bits per heavy atom. The van der Waals surface area contributed by atoms with E-state index in [-0.39, 0.29) is 5.56 Å². The molecule has 0 radical (unpaired) electrons. The molecule has 1 N–H and O–H groups in total. The van der Waals surface area contributed by atoms with Gasteiger partial charge >= 0.3 is 5.97 Å². The Morgan fingerprint density at radius 1 is 1.53 bits per heavy atom. The number of aryl methyl sites for hydroxylation is 1. The van der Waals surface area contributed by atoms with Gasteiger partial charge < -0.3 is 5.11 Å². The maximum atomic E-state index is 10.8. The number of carboxylic acids is 1. The summed E-state index contributed by atoms with van der Waals surface area (Å²) in [5.41, 5.74) is 0.234. The molecular formula is C9H7BrN4O2S. The van der Waals surface area contributed by atoms with E-state index in [1.807, 2.05) is 0 Å². The second kappa shape index (κ2) is 4.84. The van der Waals surface area contributed by atoms with E-state index in [9.17, 15) is 4.79 Å². The van der Waals surface area contributed by atoms with Crippen LogP contribution in [0.5, 0.6) is 0 Å². The van der Waals surface area contributed by atoms with E-state index in [2.05, 4.69) is 31.5 Å². The van der Waals surface area contributed by atoms with Crippen LogP contribution in [-0.4, -0.2) is 31.3 Å². The molecule has 0 aliphatic rings. The minimum absolute atomic E-state index is 0.234. The quantitative estimate of drug-likeness (QED) is 0.930. The zero-order chi connectivity index (χ0) is 12.4. The summed E-state index contributed by atoms with van der Waals surface area (Å²) in [6, 6.07) is 4.81. The Hall–Kier alpha value is -1.41. The summed E-state index contributed by atoms with van der Waals surface area (Å²) in [4.78, 5) is 11.6. The number of aromatic carboxylic acids is 1. The van der Waals surface area contributed by atoms with Crippen molar-refractivity contribution in [3.8, 4) is 0 Å². The molecule has 2 aromatic rings. The van der Waals surface area contributed by atoms with Crippen LogP contribution in [0.4, 0.5) is 0 Å². The Balaban J connectivity index is 2.29. The van der Waals surface area contributed by atoms with Crippen molar-refractivity contribution < 1.29 is 9.90 Å². The number of halogens is 1. The van der Waals surface area contributed by atoms with Crippen molar-refractivity contribution in [3.05, 3.63) is 28.2 Å². The van der Waals surface area contributed by atoms with Crippen molar-refractivity contribution in [2.24, 2.45) is 7.05 Å². The number of benzene rings is 1. The lowest BCUT2D eigenvalue weighted by Gasteiger charge is -2.03. The third-order valence-electron chi connectivity index (χ3n) is 1.96. The highest BCUT2D eigenvalue weighted by Gasteiger charge is 2.10. The van der Waals surface area contributed by atoms with E-state index in [4.69, 9.17) is 5.11 Å². The van der Waals surface area contributed by atoms with Crippen LogP contribution in [0, 0.1) is 0 Å². The number of hydrogen-bond acceptors (Lipinski definition) is 5. The predicted molar refractivity (Wildman–Crippen MR) is 64.0 cm³/mol. The number of nitrogens with zero attached hydrogens (tertiary/aromatic N) is 4. The van der Waals surface area contributed by atoms with Crippen LogP contribution in [-0.2, 0) is 7.05 Å². The fourth-order valence-corrected chi connectivity index (χ4v) is 2.48. The van der Waals surface area contributed by atoms with Gasteiger partial charge in [-0.05, 0) is 56.3 Å². The van der Waals surface area contributed by atoms with Crippen LogP contribution in [0.3, 0.4) is 0 Å². The summed E-state index contributed by atoms with van der Waals surface area (Å²) in [7, 11) is 1.74. The number of hydrogen-bond donors (Lipinski definition) is 1. The molecule has 17 heavy (non-hydrogen) atoms. The lowest BCUT2D eigenvalue weighted by molar-refractivity contribution is 0.0696. The average molecular weight is 315 g/mol. The van der Waals surface area contributed by atoms with E-state index in [0.29, 0.717) is 9.63 Å². The van der Waals surface area contributed by atoms with Crippen LogP contribution in [0.2, 0.25) is 0 Å². The number of carboxylic acid groups (broad SMARTS) is 1. The first-order valence-electron chi connectivity index (χ1n) is 4.51. The molecule has 0 fully saturated rings. The van der Waals surface area contributed by atoms with Crippen molar-refractivity contribution >= 4 is 33.7 Å². The van der Waals surface area contributed by atoms with Gasteiger partial charge in [0.05, 0.1) is 5.56 Å². The lowest BCUT2D eigenvalue weighted by Crippen LogP contribution is -1.96. The van der Waals surface area contributed by atoms with Gasteiger partial charge in [-0.1, -0.05) is 0 Å². The molecule has 2 rings (SSSR count). The van der Waals surface area contributed by atoms with E-state index in [0.717, 1.165) is 4.90 Å². The standard InChI is InChI=1S/C9H7BrN4O2S/c1-14-9(11-12-13-14)17-7-3-2-5(8(15)16)4-6(7)10/h2-4H,1H3,(H,15,16). The molecule has 8 heteroatoms. The van der Waals surface area contributed by atoms with Gasteiger partial charge in [0.25, 0.3) is 0 Å². The third-order valence-corrected chi connectivity index (χ3v) is 3.98. The van der Waals surface area contributed by atoms with Crippen LogP contribution in [0.25, 0.3) is 0 Å². The predicted octanol–water partition coefficient (Wildman–Crippen LogP) is 1.82. The molecule has 0 spiro atoms. The molecule has 6 nitrogen and oxygen atoms in total. The first-order valence-corrected chi connectivity index (χ1v) is 6.12. The van der Waals surface area contributed by atoms with Gasteiger partial charge in [-0.3, -0.25) is 0 Å². The summed E-state index contributed by atoms with van der Waals surface area (Å²) in [6.07, 6.45) is 0. The zero-order valence-electron chi connectivity index (χ0n) is 8.66. The van der Waals surface area contributed by atoms with E-state index >= 15 is 0 Å². The largest absolute Gasteiger partial charge is 0.478 e. The van der Waals surface area contributed by atoms with E-state index < -0.39 is 5.97 Å². The smallest absolute Gasteiger partial charge is 0.335 e. The van der Waals surface area contributed by atoms with Gasteiger partial charge in [0.2, 0.25) is 5.16 Å². The fourth-order valence-electron chi connectivity index (χ4n) is 1.12. The Labute approximate surface area is 109 Å². The molecule has 1 aromatic heterocycles. The van der Waals surface area contributed by atoms with E-state index in [1.54, 1.807) is 29.9 Å². The molecule has 0 aliphatic heterocycles. The molecule has 0 unspecified atom stereocenters. The average Bonchev–Trinajstić information content (AvgIpc) is 2.67.